The van der Waals surface area contributed by atoms with Gasteiger partial charge >= 0.3 is 0 Å². The number of nitrogens with one attached hydrogen (secondary N) is 1. The van der Waals surface area contributed by atoms with Gasteiger partial charge in [0.1, 0.15) is 5.82 Å². The van der Waals surface area contributed by atoms with E-state index in [9.17, 15) is 0 Å². The highest BCUT2D eigenvalue weighted by Crippen LogP contribution is 2.11. The second kappa shape index (κ2) is 7.34. The van der Waals surface area contributed by atoms with Crippen molar-refractivity contribution in [2.75, 3.05) is 39.5 Å². The predicted octanol–water partition coefficient (Wildman–Crippen LogP) is 1.90. The average Bonchev–Trinajstić information content (AvgIpc) is 2.35. The number of likely N-dealkylation sites (N-methyl/N-ethyl adjacent to an activating group) is 2. The van der Waals surface area contributed by atoms with Crippen molar-refractivity contribution in [2.45, 2.75) is 26.4 Å². The maximum absolute atomic E-state index is 4.25. The fraction of sp³-hybridized carbons (Fsp3) is 0.643. The van der Waals surface area contributed by atoms with Crippen LogP contribution in [0.2, 0.25) is 0 Å². The molecule has 0 aromatic carbocycles. The van der Waals surface area contributed by atoms with Gasteiger partial charge < -0.3 is 10.2 Å². The standard InChI is InChI=1S/C14H26N4/c1-6-18(12(2)10-17(4)5)11-13-7-8-16-14(9-13)15-3/h7-9,12H,6,10-11H2,1-5H3,(H,15,16). The minimum Gasteiger partial charge on any atom is -0.373 e. The molecule has 4 heteroatoms. The van der Waals surface area contributed by atoms with E-state index in [1.54, 1.807) is 0 Å². The van der Waals surface area contributed by atoms with E-state index >= 15 is 0 Å². The van der Waals surface area contributed by atoms with Gasteiger partial charge in [0, 0.05) is 32.4 Å². The summed E-state index contributed by atoms with van der Waals surface area (Å²) in [6, 6.07) is 4.76. The summed E-state index contributed by atoms with van der Waals surface area (Å²) >= 11 is 0. The monoisotopic (exact) mass is 250 g/mol. The van der Waals surface area contributed by atoms with E-state index < -0.39 is 0 Å². The quantitative estimate of drug-likeness (QED) is 0.801. The van der Waals surface area contributed by atoms with E-state index in [1.165, 1.54) is 5.56 Å². The molecule has 0 saturated heterocycles. The molecule has 102 valence electrons. The summed E-state index contributed by atoms with van der Waals surface area (Å²) in [5, 5.41) is 3.08. The van der Waals surface area contributed by atoms with E-state index in [0.717, 1.165) is 25.5 Å². The van der Waals surface area contributed by atoms with E-state index in [1.807, 2.05) is 13.2 Å². The lowest BCUT2D eigenvalue weighted by molar-refractivity contribution is 0.174. The number of anilines is 1. The minimum atomic E-state index is 0.552. The summed E-state index contributed by atoms with van der Waals surface area (Å²) in [5.41, 5.74) is 1.31. The Balaban J connectivity index is 2.66. The molecular formula is C14H26N4. The number of hydrogen-bond donors (Lipinski definition) is 1. The van der Waals surface area contributed by atoms with Crippen LogP contribution in [-0.2, 0) is 6.54 Å². The summed E-state index contributed by atoms with van der Waals surface area (Å²) in [7, 11) is 6.14. The Morgan fingerprint density at radius 1 is 1.39 bits per heavy atom. The van der Waals surface area contributed by atoms with Crippen molar-refractivity contribution < 1.29 is 0 Å². The van der Waals surface area contributed by atoms with E-state index in [4.69, 9.17) is 0 Å². The highest BCUT2D eigenvalue weighted by Gasteiger charge is 2.13. The molecule has 0 aliphatic rings. The van der Waals surface area contributed by atoms with Gasteiger partial charge in [-0.3, -0.25) is 4.90 Å². The predicted molar refractivity (Wildman–Crippen MR) is 77.9 cm³/mol. The largest absolute Gasteiger partial charge is 0.373 e. The number of aromatic nitrogens is 1. The lowest BCUT2D eigenvalue weighted by Gasteiger charge is -2.30. The molecule has 1 atom stereocenters. The van der Waals surface area contributed by atoms with Crippen molar-refractivity contribution in [3.05, 3.63) is 23.9 Å². The Bertz CT molecular complexity index is 351. The van der Waals surface area contributed by atoms with Crippen molar-refractivity contribution in [3.63, 3.8) is 0 Å². The summed E-state index contributed by atoms with van der Waals surface area (Å²) in [5.74, 6) is 0.934. The fourth-order valence-corrected chi connectivity index (χ4v) is 2.17. The molecular weight excluding hydrogens is 224 g/mol. The minimum absolute atomic E-state index is 0.552. The molecule has 4 nitrogen and oxygen atoms in total. The zero-order chi connectivity index (χ0) is 13.5. The number of hydrogen-bond acceptors (Lipinski definition) is 4. The van der Waals surface area contributed by atoms with Crippen LogP contribution < -0.4 is 5.32 Å². The van der Waals surface area contributed by atoms with Crippen LogP contribution in [0.5, 0.6) is 0 Å². The van der Waals surface area contributed by atoms with Gasteiger partial charge in [0.15, 0.2) is 0 Å². The van der Waals surface area contributed by atoms with Crippen molar-refractivity contribution in [1.29, 1.82) is 0 Å². The molecule has 1 aromatic rings. The smallest absolute Gasteiger partial charge is 0.125 e. The van der Waals surface area contributed by atoms with Crippen molar-refractivity contribution in [3.8, 4) is 0 Å². The Kier molecular flexibility index (Phi) is 6.09. The number of rotatable bonds is 7. The van der Waals surface area contributed by atoms with E-state index in [0.29, 0.717) is 6.04 Å². The molecule has 1 N–H and O–H groups in total. The Morgan fingerprint density at radius 2 is 2.11 bits per heavy atom. The molecule has 0 saturated carbocycles. The maximum Gasteiger partial charge on any atom is 0.125 e. The molecule has 1 rings (SSSR count). The molecule has 0 amide bonds. The SMILES string of the molecule is CCN(Cc1ccnc(NC)c1)C(C)CN(C)C. The van der Waals surface area contributed by atoms with Gasteiger partial charge in [0.25, 0.3) is 0 Å². The molecule has 0 bridgehead atoms. The normalized spacial score (nSPS) is 13.1. The van der Waals surface area contributed by atoms with Crippen LogP contribution in [0.25, 0.3) is 0 Å². The first-order valence-corrected chi connectivity index (χ1v) is 6.58. The first-order valence-electron chi connectivity index (χ1n) is 6.58. The topological polar surface area (TPSA) is 31.4 Å². The van der Waals surface area contributed by atoms with Gasteiger partial charge in [0.2, 0.25) is 0 Å². The second-order valence-corrected chi connectivity index (χ2v) is 4.97. The van der Waals surface area contributed by atoms with Gasteiger partial charge in [-0.1, -0.05) is 6.92 Å². The summed E-state index contributed by atoms with van der Waals surface area (Å²) in [6.45, 7) is 7.61. The molecule has 1 heterocycles. The third-order valence-electron chi connectivity index (χ3n) is 3.13. The Labute approximate surface area is 111 Å². The van der Waals surface area contributed by atoms with Crippen LogP contribution >= 0.6 is 0 Å². The highest BCUT2D eigenvalue weighted by atomic mass is 15.2. The first kappa shape index (κ1) is 14.9. The van der Waals surface area contributed by atoms with E-state index in [-0.39, 0.29) is 0 Å². The molecule has 1 aromatic heterocycles. The first-order chi connectivity index (χ1) is 8.56. The summed E-state index contributed by atoms with van der Waals surface area (Å²) in [4.78, 5) is 8.96. The molecule has 1 unspecified atom stereocenters. The molecule has 0 radical (unpaired) electrons. The van der Waals surface area contributed by atoms with Crippen LogP contribution in [0.1, 0.15) is 19.4 Å². The van der Waals surface area contributed by atoms with Crippen LogP contribution in [-0.4, -0.2) is 55.1 Å². The van der Waals surface area contributed by atoms with Crippen molar-refractivity contribution in [1.82, 2.24) is 14.8 Å². The molecule has 0 fully saturated rings. The van der Waals surface area contributed by atoms with Gasteiger partial charge in [-0.25, -0.2) is 4.98 Å². The van der Waals surface area contributed by atoms with Crippen LogP contribution in [0.4, 0.5) is 5.82 Å². The zero-order valence-electron chi connectivity index (χ0n) is 12.3. The third-order valence-corrected chi connectivity index (χ3v) is 3.13. The third kappa shape index (κ3) is 4.63. The lowest BCUT2D eigenvalue weighted by Crippen LogP contribution is -2.39. The highest BCUT2D eigenvalue weighted by molar-refractivity contribution is 5.36. The molecule has 18 heavy (non-hydrogen) atoms. The van der Waals surface area contributed by atoms with Crippen molar-refractivity contribution in [2.24, 2.45) is 0 Å². The maximum atomic E-state index is 4.25. The summed E-state index contributed by atoms with van der Waals surface area (Å²) < 4.78 is 0. The Morgan fingerprint density at radius 3 is 2.67 bits per heavy atom. The van der Waals surface area contributed by atoms with Gasteiger partial charge in [-0.15, -0.1) is 0 Å². The lowest BCUT2D eigenvalue weighted by atomic mass is 10.2. The fourth-order valence-electron chi connectivity index (χ4n) is 2.17. The number of pyridine rings is 1. The molecule has 0 aliphatic heterocycles. The molecule has 0 spiro atoms. The van der Waals surface area contributed by atoms with Crippen LogP contribution in [0, 0.1) is 0 Å². The van der Waals surface area contributed by atoms with Gasteiger partial charge in [-0.05, 0) is 45.3 Å². The Hall–Kier alpha value is -1.13. The zero-order valence-corrected chi connectivity index (χ0v) is 12.3. The summed E-state index contributed by atoms with van der Waals surface area (Å²) in [6.07, 6.45) is 1.87. The number of nitrogens with zero attached hydrogens (tertiary/aromatic N) is 3. The average molecular weight is 250 g/mol. The molecule has 0 aliphatic carbocycles. The van der Waals surface area contributed by atoms with Crippen molar-refractivity contribution >= 4 is 5.82 Å². The second-order valence-electron chi connectivity index (χ2n) is 4.97. The van der Waals surface area contributed by atoms with Crippen LogP contribution in [0.3, 0.4) is 0 Å². The van der Waals surface area contributed by atoms with Gasteiger partial charge in [-0.2, -0.15) is 0 Å². The van der Waals surface area contributed by atoms with E-state index in [2.05, 4.69) is 60.2 Å². The van der Waals surface area contributed by atoms with Crippen LogP contribution in [0.15, 0.2) is 18.3 Å². The van der Waals surface area contributed by atoms with Gasteiger partial charge in [0.05, 0.1) is 0 Å².